The van der Waals surface area contributed by atoms with Gasteiger partial charge in [-0.05, 0) is 18.2 Å². The molecule has 0 aliphatic carbocycles. The summed E-state index contributed by atoms with van der Waals surface area (Å²) in [6.45, 7) is 0. The first kappa shape index (κ1) is 12.3. The molecular formula is C15H15O3. The molecule has 0 fully saturated rings. The van der Waals surface area contributed by atoms with Gasteiger partial charge in [0.25, 0.3) is 0 Å². The van der Waals surface area contributed by atoms with Crippen LogP contribution in [0, 0.1) is 6.07 Å². The molecule has 0 atom stereocenters. The van der Waals surface area contributed by atoms with Gasteiger partial charge in [0.1, 0.15) is 17.2 Å². The van der Waals surface area contributed by atoms with Gasteiger partial charge in [0.2, 0.25) is 0 Å². The van der Waals surface area contributed by atoms with Gasteiger partial charge in [0, 0.05) is 11.6 Å². The average molecular weight is 243 g/mol. The lowest BCUT2D eigenvalue weighted by molar-refractivity contribution is 0.394. The van der Waals surface area contributed by atoms with Crippen molar-refractivity contribution in [1.82, 2.24) is 0 Å². The van der Waals surface area contributed by atoms with Crippen LogP contribution in [0.1, 0.15) is 0 Å². The van der Waals surface area contributed by atoms with Crippen molar-refractivity contribution in [3.8, 4) is 28.4 Å². The average Bonchev–Trinajstić information content (AvgIpc) is 2.46. The number of rotatable bonds is 4. The van der Waals surface area contributed by atoms with E-state index < -0.39 is 0 Å². The van der Waals surface area contributed by atoms with Crippen molar-refractivity contribution in [2.75, 3.05) is 21.3 Å². The summed E-state index contributed by atoms with van der Waals surface area (Å²) in [5.41, 5.74) is 1.77. The second-order valence-electron chi connectivity index (χ2n) is 3.65. The van der Waals surface area contributed by atoms with Crippen molar-refractivity contribution in [2.24, 2.45) is 0 Å². The summed E-state index contributed by atoms with van der Waals surface area (Å²) in [5.74, 6) is 2.14. The van der Waals surface area contributed by atoms with Crippen LogP contribution in [0.25, 0.3) is 11.1 Å². The fraction of sp³-hybridized carbons (Fsp3) is 0.200. The lowest BCUT2D eigenvalue weighted by Crippen LogP contribution is -1.95. The maximum atomic E-state index is 5.39. The summed E-state index contributed by atoms with van der Waals surface area (Å²) in [6, 6.07) is 14.4. The third-order valence-electron chi connectivity index (χ3n) is 2.72. The van der Waals surface area contributed by atoms with Crippen LogP contribution in [-0.2, 0) is 0 Å². The molecule has 0 saturated carbocycles. The van der Waals surface area contributed by atoms with E-state index in [2.05, 4.69) is 6.07 Å². The largest absolute Gasteiger partial charge is 0.496 e. The van der Waals surface area contributed by atoms with E-state index in [1.54, 1.807) is 27.4 Å². The van der Waals surface area contributed by atoms with E-state index in [-0.39, 0.29) is 0 Å². The summed E-state index contributed by atoms with van der Waals surface area (Å²) in [7, 11) is 4.89. The Morgan fingerprint density at radius 2 is 1.56 bits per heavy atom. The summed E-state index contributed by atoms with van der Waals surface area (Å²) < 4.78 is 16.1. The highest BCUT2D eigenvalue weighted by Gasteiger charge is 2.15. The van der Waals surface area contributed by atoms with Gasteiger partial charge in [-0.25, -0.2) is 0 Å². The molecule has 1 radical (unpaired) electrons. The standard InChI is InChI=1S/C15H15O3/c1-16-12-8-5-4-7-11(12)15-13(17-2)9-6-10-14(15)18-3/h4-9H,1-3H3. The van der Waals surface area contributed by atoms with Gasteiger partial charge in [-0.2, -0.15) is 0 Å². The van der Waals surface area contributed by atoms with Crippen molar-refractivity contribution >= 4 is 0 Å². The Morgan fingerprint density at radius 3 is 2.22 bits per heavy atom. The van der Waals surface area contributed by atoms with Crippen LogP contribution in [0.2, 0.25) is 0 Å². The lowest BCUT2D eigenvalue weighted by atomic mass is 10.0. The Labute approximate surface area is 107 Å². The zero-order chi connectivity index (χ0) is 13.0. The molecule has 0 bridgehead atoms. The molecule has 0 aliphatic rings. The second-order valence-corrected chi connectivity index (χ2v) is 3.65. The van der Waals surface area contributed by atoms with Crippen molar-refractivity contribution in [1.29, 1.82) is 0 Å². The van der Waals surface area contributed by atoms with Gasteiger partial charge in [-0.3, -0.25) is 0 Å². The highest BCUT2D eigenvalue weighted by atomic mass is 16.5. The number of methoxy groups -OCH3 is 3. The van der Waals surface area contributed by atoms with Crippen molar-refractivity contribution < 1.29 is 14.2 Å². The van der Waals surface area contributed by atoms with Crippen LogP contribution in [-0.4, -0.2) is 21.3 Å². The first-order chi connectivity index (χ1) is 8.81. The molecule has 0 N–H and O–H groups in total. The van der Waals surface area contributed by atoms with Crippen LogP contribution < -0.4 is 14.2 Å². The molecule has 18 heavy (non-hydrogen) atoms. The zero-order valence-corrected chi connectivity index (χ0v) is 10.7. The van der Waals surface area contributed by atoms with Crippen LogP contribution in [0.5, 0.6) is 17.2 Å². The van der Waals surface area contributed by atoms with Crippen LogP contribution in [0.4, 0.5) is 0 Å². The third kappa shape index (κ3) is 2.12. The molecule has 0 heterocycles. The molecule has 2 rings (SSSR count). The maximum Gasteiger partial charge on any atom is 0.138 e. The minimum absolute atomic E-state index is 0.638. The Hall–Kier alpha value is -2.16. The van der Waals surface area contributed by atoms with Gasteiger partial charge in [0.15, 0.2) is 0 Å². The van der Waals surface area contributed by atoms with Gasteiger partial charge >= 0.3 is 0 Å². The molecule has 0 amide bonds. The zero-order valence-electron chi connectivity index (χ0n) is 10.7. The van der Waals surface area contributed by atoms with Gasteiger partial charge in [-0.15, -0.1) is 0 Å². The van der Waals surface area contributed by atoms with Gasteiger partial charge in [0.05, 0.1) is 26.9 Å². The Bertz CT molecular complexity index is 513. The van der Waals surface area contributed by atoms with E-state index >= 15 is 0 Å². The molecule has 0 saturated heterocycles. The van der Waals surface area contributed by atoms with Crippen LogP contribution in [0.3, 0.4) is 0 Å². The van der Waals surface area contributed by atoms with Crippen molar-refractivity contribution in [2.45, 2.75) is 0 Å². The Morgan fingerprint density at radius 1 is 0.833 bits per heavy atom. The van der Waals surface area contributed by atoms with Gasteiger partial charge in [-0.1, -0.05) is 18.2 Å². The predicted molar refractivity (Wildman–Crippen MR) is 70.4 cm³/mol. The predicted octanol–water partition coefficient (Wildman–Crippen LogP) is 3.18. The molecule has 0 spiro atoms. The quantitative estimate of drug-likeness (QED) is 0.825. The van der Waals surface area contributed by atoms with E-state index in [1.807, 2.05) is 30.3 Å². The molecule has 93 valence electrons. The topological polar surface area (TPSA) is 27.7 Å². The van der Waals surface area contributed by atoms with Crippen molar-refractivity contribution in [3.63, 3.8) is 0 Å². The first-order valence-corrected chi connectivity index (χ1v) is 5.58. The number of hydrogen-bond acceptors (Lipinski definition) is 3. The summed E-state index contributed by atoms with van der Waals surface area (Å²) in [4.78, 5) is 0. The molecular weight excluding hydrogens is 228 g/mol. The monoisotopic (exact) mass is 243 g/mol. The van der Waals surface area contributed by atoms with E-state index in [4.69, 9.17) is 14.2 Å². The highest BCUT2D eigenvalue weighted by Crippen LogP contribution is 2.41. The molecule has 0 aliphatic heterocycles. The minimum Gasteiger partial charge on any atom is -0.496 e. The number of ether oxygens (including phenoxy) is 3. The normalized spacial score (nSPS) is 9.94. The van der Waals surface area contributed by atoms with Crippen LogP contribution >= 0.6 is 0 Å². The second kappa shape index (κ2) is 5.45. The minimum atomic E-state index is 0.638. The van der Waals surface area contributed by atoms with Gasteiger partial charge < -0.3 is 14.2 Å². The lowest BCUT2D eigenvalue weighted by Gasteiger charge is -2.15. The fourth-order valence-corrected chi connectivity index (χ4v) is 1.90. The molecule has 3 heteroatoms. The summed E-state index contributed by atoms with van der Waals surface area (Å²) in [6.07, 6.45) is 0. The van der Waals surface area contributed by atoms with E-state index in [9.17, 15) is 0 Å². The smallest absolute Gasteiger partial charge is 0.138 e. The highest BCUT2D eigenvalue weighted by molar-refractivity contribution is 5.80. The number of para-hydroxylation sites is 1. The Balaban J connectivity index is 2.68. The van der Waals surface area contributed by atoms with E-state index in [0.29, 0.717) is 5.75 Å². The maximum absolute atomic E-state index is 5.39. The number of hydrogen-bond donors (Lipinski definition) is 0. The Kier molecular flexibility index (Phi) is 3.72. The first-order valence-electron chi connectivity index (χ1n) is 5.58. The molecule has 2 aromatic rings. The SMILES string of the molecule is COc1[c]ccc(OC)c1-c1ccccc1OC. The molecule has 3 nitrogen and oxygen atoms in total. The van der Waals surface area contributed by atoms with Crippen molar-refractivity contribution in [3.05, 3.63) is 42.5 Å². The van der Waals surface area contributed by atoms with Crippen LogP contribution in [0.15, 0.2) is 36.4 Å². The van der Waals surface area contributed by atoms with E-state index in [1.165, 1.54) is 0 Å². The fourth-order valence-electron chi connectivity index (χ4n) is 1.90. The van der Waals surface area contributed by atoms with E-state index in [0.717, 1.165) is 22.6 Å². The summed E-state index contributed by atoms with van der Waals surface area (Å²) in [5, 5.41) is 0. The third-order valence-corrected chi connectivity index (χ3v) is 2.72. The summed E-state index contributed by atoms with van der Waals surface area (Å²) >= 11 is 0. The molecule has 0 unspecified atom stereocenters. The molecule has 2 aromatic carbocycles. The number of benzene rings is 2. The molecule has 0 aromatic heterocycles.